The Morgan fingerprint density at radius 2 is 1.97 bits per heavy atom. The zero-order valence-electron chi connectivity index (χ0n) is 18.0. The van der Waals surface area contributed by atoms with Crippen molar-refractivity contribution in [1.29, 1.82) is 0 Å². The first kappa shape index (κ1) is 24.7. The molecule has 0 saturated carbocycles. The van der Waals surface area contributed by atoms with Gasteiger partial charge in [0.25, 0.3) is 0 Å². The summed E-state index contributed by atoms with van der Waals surface area (Å²) in [4.78, 5) is 18.0. The summed E-state index contributed by atoms with van der Waals surface area (Å²) < 4.78 is 11.2. The molecule has 2 N–H and O–H groups in total. The first-order valence-electron chi connectivity index (χ1n) is 10.8. The van der Waals surface area contributed by atoms with Gasteiger partial charge in [0.1, 0.15) is 0 Å². The lowest BCUT2D eigenvalue weighted by Gasteiger charge is -2.34. The van der Waals surface area contributed by atoms with Crippen molar-refractivity contribution in [3.63, 3.8) is 0 Å². The lowest BCUT2D eigenvalue weighted by molar-refractivity contribution is -0.0265. The van der Waals surface area contributed by atoms with E-state index in [0.717, 1.165) is 44.8 Å². The summed E-state index contributed by atoms with van der Waals surface area (Å²) >= 11 is 0. The molecule has 1 aromatic carbocycles. The number of likely N-dealkylation sites (tertiary alicyclic amines) is 1. The number of carbonyl (C=O) groups is 1. The van der Waals surface area contributed by atoms with Crippen molar-refractivity contribution in [2.45, 2.75) is 44.8 Å². The second-order valence-corrected chi connectivity index (χ2v) is 7.66. The Morgan fingerprint density at radius 1 is 1.23 bits per heavy atom. The lowest BCUT2D eigenvalue weighted by atomic mass is 9.89. The van der Waals surface area contributed by atoms with E-state index >= 15 is 0 Å². The van der Waals surface area contributed by atoms with Gasteiger partial charge in [-0.25, -0.2) is 4.79 Å². The average molecular weight is 530 g/mol. The van der Waals surface area contributed by atoms with Gasteiger partial charge in [-0.05, 0) is 38.2 Å². The van der Waals surface area contributed by atoms with Gasteiger partial charge in [0.05, 0.1) is 12.7 Å². The van der Waals surface area contributed by atoms with Crippen LogP contribution in [0.5, 0.6) is 0 Å². The fourth-order valence-corrected chi connectivity index (χ4v) is 4.10. The lowest BCUT2D eigenvalue weighted by Crippen LogP contribution is -2.50. The molecule has 2 saturated heterocycles. The van der Waals surface area contributed by atoms with Gasteiger partial charge in [-0.15, -0.1) is 24.0 Å². The van der Waals surface area contributed by atoms with Crippen LogP contribution in [0.3, 0.4) is 0 Å². The van der Waals surface area contributed by atoms with E-state index in [1.54, 1.807) is 11.9 Å². The molecule has 1 amide bonds. The zero-order chi connectivity index (χ0) is 20.5. The van der Waals surface area contributed by atoms with Crippen molar-refractivity contribution in [2.24, 2.45) is 10.9 Å². The van der Waals surface area contributed by atoms with Gasteiger partial charge in [-0.1, -0.05) is 30.3 Å². The third-order valence-corrected chi connectivity index (χ3v) is 5.69. The Hall–Kier alpha value is -1.55. The molecule has 168 valence electrons. The van der Waals surface area contributed by atoms with Crippen LogP contribution in [0.1, 0.15) is 44.3 Å². The number of nitrogens with one attached hydrogen (secondary N) is 2. The fourth-order valence-electron chi connectivity index (χ4n) is 4.10. The number of piperidine rings is 1. The largest absolute Gasteiger partial charge is 0.450 e. The molecule has 0 radical (unpaired) electrons. The Labute approximate surface area is 197 Å². The predicted octanol–water partition coefficient (Wildman–Crippen LogP) is 3.56. The fraction of sp³-hybridized carbons (Fsp3) is 0.636. The van der Waals surface area contributed by atoms with Gasteiger partial charge in [0.15, 0.2) is 5.96 Å². The van der Waals surface area contributed by atoms with E-state index in [0.29, 0.717) is 31.7 Å². The number of amides is 1. The number of ether oxygens (including phenoxy) is 2. The molecule has 30 heavy (non-hydrogen) atoms. The monoisotopic (exact) mass is 530 g/mol. The number of hydrogen-bond acceptors (Lipinski definition) is 4. The summed E-state index contributed by atoms with van der Waals surface area (Å²) in [5, 5.41) is 7.00. The summed E-state index contributed by atoms with van der Waals surface area (Å²) in [6.45, 7) is 5.31. The van der Waals surface area contributed by atoms with Crippen LogP contribution in [0, 0.1) is 5.92 Å². The topological polar surface area (TPSA) is 75.2 Å². The molecule has 2 fully saturated rings. The van der Waals surface area contributed by atoms with Gasteiger partial charge in [-0.2, -0.15) is 0 Å². The first-order valence-corrected chi connectivity index (χ1v) is 10.8. The molecular formula is C22H35IN4O3. The maximum absolute atomic E-state index is 11.8. The zero-order valence-corrected chi connectivity index (χ0v) is 20.3. The first-order chi connectivity index (χ1) is 14.2. The highest BCUT2D eigenvalue weighted by molar-refractivity contribution is 14.0. The summed E-state index contributed by atoms with van der Waals surface area (Å²) in [5.74, 6) is 1.23. The van der Waals surface area contributed by atoms with Crippen LogP contribution in [0.25, 0.3) is 0 Å². The molecule has 0 aromatic heterocycles. The second kappa shape index (κ2) is 13.0. The number of carbonyl (C=O) groups excluding carboxylic acids is 1. The minimum absolute atomic E-state index is 0. The summed E-state index contributed by atoms with van der Waals surface area (Å²) in [6.07, 6.45) is 3.92. The number of hydrogen-bond donors (Lipinski definition) is 2. The van der Waals surface area contributed by atoms with Crippen LogP contribution in [0.2, 0.25) is 0 Å². The highest BCUT2D eigenvalue weighted by atomic mass is 127. The van der Waals surface area contributed by atoms with Crippen LogP contribution in [-0.2, 0) is 9.47 Å². The van der Waals surface area contributed by atoms with Crippen molar-refractivity contribution in [3.8, 4) is 0 Å². The number of nitrogens with zero attached hydrogens (tertiary/aromatic N) is 2. The third kappa shape index (κ3) is 7.01. The molecule has 0 spiro atoms. The van der Waals surface area contributed by atoms with Crippen molar-refractivity contribution in [1.82, 2.24) is 15.5 Å². The molecule has 2 heterocycles. The van der Waals surface area contributed by atoms with E-state index in [2.05, 4.69) is 39.9 Å². The van der Waals surface area contributed by atoms with Gasteiger partial charge in [-0.3, -0.25) is 4.99 Å². The van der Waals surface area contributed by atoms with Crippen LogP contribution < -0.4 is 10.6 Å². The molecule has 2 unspecified atom stereocenters. The molecule has 2 aliphatic heterocycles. The molecule has 1 aromatic rings. The maximum atomic E-state index is 11.8. The molecule has 7 nitrogen and oxygen atoms in total. The predicted molar refractivity (Wildman–Crippen MR) is 129 cm³/mol. The number of rotatable bonds is 5. The van der Waals surface area contributed by atoms with Crippen molar-refractivity contribution < 1.29 is 14.3 Å². The molecule has 2 aliphatic rings. The van der Waals surface area contributed by atoms with Crippen LogP contribution in [-0.4, -0.2) is 62.9 Å². The SMILES string of the molecule is CCOC(=O)N1CCC(NC(=NC)NCC2CCCOC2c2ccccc2)CC1.I. The quantitative estimate of drug-likeness (QED) is 0.346. The third-order valence-electron chi connectivity index (χ3n) is 5.69. The van der Waals surface area contributed by atoms with Crippen molar-refractivity contribution in [3.05, 3.63) is 35.9 Å². The highest BCUT2D eigenvalue weighted by Crippen LogP contribution is 2.33. The molecule has 2 atom stereocenters. The van der Waals surface area contributed by atoms with Crippen molar-refractivity contribution >= 4 is 36.0 Å². The van der Waals surface area contributed by atoms with E-state index in [1.165, 1.54) is 5.56 Å². The van der Waals surface area contributed by atoms with Crippen molar-refractivity contribution in [2.75, 3.05) is 39.9 Å². The number of benzene rings is 1. The highest BCUT2D eigenvalue weighted by Gasteiger charge is 2.28. The van der Waals surface area contributed by atoms with Gasteiger partial charge in [0, 0.05) is 45.2 Å². The second-order valence-electron chi connectivity index (χ2n) is 7.66. The van der Waals surface area contributed by atoms with E-state index in [1.807, 2.05) is 13.0 Å². The summed E-state index contributed by atoms with van der Waals surface area (Å²) in [5.41, 5.74) is 1.24. The summed E-state index contributed by atoms with van der Waals surface area (Å²) in [7, 11) is 1.80. The molecule has 0 bridgehead atoms. The Morgan fingerprint density at radius 3 is 2.63 bits per heavy atom. The van der Waals surface area contributed by atoms with Gasteiger partial charge in [0.2, 0.25) is 0 Å². The average Bonchev–Trinajstić information content (AvgIpc) is 2.78. The summed E-state index contributed by atoms with van der Waals surface area (Å²) in [6, 6.07) is 10.8. The number of halogens is 1. The van der Waals surface area contributed by atoms with E-state index in [-0.39, 0.29) is 36.2 Å². The van der Waals surface area contributed by atoms with Crippen LogP contribution in [0.15, 0.2) is 35.3 Å². The number of guanidine groups is 1. The van der Waals surface area contributed by atoms with E-state index in [9.17, 15) is 4.79 Å². The van der Waals surface area contributed by atoms with E-state index in [4.69, 9.17) is 9.47 Å². The number of aliphatic imine (C=N–C) groups is 1. The normalized spacial score (nSPS) is 22.7. The Bertz CT molecular complexity index is 666. The van der Waals surface area contributed by atoms with E-state index < -0.39 is 0 Å². The van der Waals surface area contributed by atoms with Gasteiger partial charge < -0.3 is 25.0 Å². The molecule has 0 aliphatic carbocycles. The molecule has 8 heteroatoms. The van der Waals surface area contributed by atoms with Crippen LogP contribution >= 0.6 is 24.0 Å². The van der Waals surface area contributed by atoms with Gasteiger partial charge >= 0.3 is 6.09 Å². The Kier molecular flexibility index (Phi) is 10.7. The minimum atomic E-state index is -0.210. The molecule has 3 rings (SSSR count). The smallest absolute Gasteiger partial charge is 0.409 e. The minimum Gasteiger partial charge on any atom is -0.450 e. The van der Waals surface area contributed by atoms with Crippen LogP contribution in [0.4, 0.5) is 4.79 Å². The maximum Gasteiger partial charge on any atom is 0.409 e. The molecular weight excluding hydrogens is 495 g/mol. The Balaban J connectivity index is 0.00000320. The standard InChI is InChI=1S/C22H34N4O3.HI/c1-3-28-22(27)26-13-11-19(12-14-26)25-21(23-2)24-16-18-10-7-15-29-20(18)17-8-5-4-6-9-17;/h4-6,8-9,18-20H,3,7,10-16H2,1-2H3,(H2,23,24,25);1H.